The smallest absolute Gasteiger partial charge is 0.322 e. The first-order chi connectivity index (χ1) is 11.9. The maximum Gasteiger partial charge on any atom is 0.322 e. The van der Waals surface area contributed by atoms with Gasteiger partial charge in [0.15, 0.2) is 0 Å². The molecule has 0 spiro atoms. The van der Waals surface area contributed by atoms with E-state index in [0.29, 0.717) is 18.2 Å². The van der Waals surface area contributed by atoms with Crippen molar-refractivity contribution in [2.24, 2.45) is 11.7 Å². The van der Waals surface area contributed by atoms with Crippen molar-refractivity contribution >= 4 is 17.6 Å². The highest BCUT2D eigenvalue weighted by molar-refractivity contribution is 5.92. The number of anilines is 1. The summed E-state index contributed by atoms with van der Waals surface area (Å²) in [6.45, 7) is 4.74. The van der Waals surface area contributed by atoms with E-state index in [4.69, 9.17) is 10.2 Å². The van der Waals surface area contributed by atoms with Gasteiger partial charge >= 0.3 is 6.03 Å². The molecule has 2 aromatic heterocycles. The number of urea groups is 1. The summed E-state index contributed by atoms with van der Waals surface area (Å²) in [5.74, 6) is 1.56. The molecule has 0 saturated carbocycles. The maximum absolute atomic E-state index is 12.7. The first kappa shape index (κ1) is 17.0. The molecule has 1 fully saturated rings. The topological polar surface area (TPSA) is 101 Å². The van der Waals surface area contributed by atoms with E-state index in [2.05, 4.69) is 17.2 Å². The van der Waals surface area contributed by atoms with Crippen LogP contribution >= 0.6 is 0 Å². The number of nitrogens with two attached hydrogens (primary N) is 1. The Labute approximate surface area is 146 Å². The lowest BCUT2D eigenvalue weighted by atomic mass is 9.91. The zero-order valence-corrected chi connectivity index (χ0v) is 14.4. The van der Waals surface area contributed by atoms with E-state index >= 15 is 0 Å². The van der Waals surface area contributed by atoms with E-state index in [1.807, 2.05) is 19.1 Å². The van der Waals surface area contributed by atoms with Crippen molar-refractivity contribution < 1.29 is 14.0 Å². The predicted molar refractivity (Wildman–Crippen MR) is 93.1 cm³/mol. The molecule has 1 aliphatic rings. The number of nitrogens with one attached hydrogen (secondary N) is 1. The average Bonchev–Trinajstić information content (AvgIpc) is 3.01. The number of hydrogen-bond acceptors (Lipinski definition) is 4. The van der Waals surface area contributed by atoms with Gasteiger partial charge < -0.3 is 20.4 Å². The van der Waals surface area contributed by atoms with Crippen LogP contribution in [0.15, 0.2) is 34.9 Å². The fourth-order valence-corrected chi connectivity index (χ4v) is 3.10. The number of nitrogens with zero attached hydrogens (tertiary/aromatic N) is 2. The number of piperidine rings is 1. The summed E-state index contributed by atoms with van der Waals surface area (Å²) in [5, 5.41) is 2.83. The van der Waals surface area contributed by atoms with Crippen molar-refractivity contribution in [3.8, 4) is 0 Å². The van der Waals surface area contributed by atoms with Crippen LogP contribution in [0.1, 0.15) is 47.8 Å². The Bertz CT molecular complexity index is 769. The van der Waals surface area contributed by atoms with Gasteiger partial charge in [-0.05, 0) is 49.9 Å². The quantitative estimate of drug-likeness (QED) is 0.895. The van der Waals surface area contributed by atoms with Crippen LogP contribution < -0.4 is 11.1 Å². The number of furan rings is 1. The van der Waals surface area contributed by atoms with Gasteiger partial charge in [-0.15, -0.1) is 0 Å². The number of pyridine rings is 1. The summed E-state index contributed by atoms with van der Waals surface area (Å²) in [6.07, 6.45) is 3.23. The minimum absolute atomic E-state index is 0.0877. The van der Waals surface area contributed by atoms with E-state index < -0.39 is 5.91 Å². The Morgan fingerprint density at radius 2 is 2.12 bits per heavy atom. The third-order valence-corrected chi connectivity index (χ3v) is 4.48. The van der Waals surface area contributed by atoms with Crippen LogP contribution in [0.4, 0.5) is 10.5 Å². The van der Waals surface area contributed by atoms with Crippen molar-refractivity contribution in [1.82, 2.24) is 9.88 Å². The Hall–Kier alpha value is -2.83. The van der Waals surface area contributed by atoms with Gasteiger partial charge in [0.25, 0.3) is 5.91 Å². The first-order valence-electron chi connectivity index (χ1n) is 8.34. The molecule has 132 valence electrons. The fraction of sp³-hybridized carbons (Fsp3) is 0.389. The monoisotopic (exact) mass is 342 g/mol. The number of amides is 3. The molecule has 7 heteroatoms. The lowest BCUT2D eigenvalue weighted by molar-refractivity contribution is 0.0995. The van der Waals surface area contributed by atoms with E-state index in [1.54, 1.807) is 11.0 Å². The van der Waals surface area contributed by atoms with Crippen LogP contribution in [0, 0.1) is 12.8 Å². The van der Waals surface area contributed by atoms with Crippen molar-refractivity contribution in [1.29, 1.82) is 0 Å². The van der Waals surface area contributed by atoms with E-state index in [0.717, 1.165) is 24.4 Å². The molecular weight excluding hydrogens is 320 g/mol. The summed E-state index contributed by atoms with van der Waals surface area (Å²) in [5.41, 5.74) is 5.85. The molecule has 25 heavy (non-hydrogen) atoms. The zero-order chi connectivity index (χ0) is 18.0. The molecule has 0 unspecified atom stereocenters. The number of carbonyl (C=O) groups is 2. The highest BCUT2D eigenvalue weighted by atomic mass is 16.3. The summed E-state index contributed by atoms with van der Waals surface area (Å²) in [6, 6.07) is 6.65. The van der Waals surface area contributed by atoms with E-state index in [9.17, 15) is 9.59 Å². The largest absolute Gasteiger partial charge is 0.464 e. The van der Waals surface area contributed by atoms with Crippen LogP contribution in [0.2, 0.25) is 0 Å². The van der Waals surface area contributed by atoms with Crippen molar-refractivity contribution in [3.05, 3.63) is 47.7 Å². The Morgan fingerprint density at radius 1 is 1.32 bits per heavy atom. The first-order valence-corrected chi connectivity index (χ1v) is 8.34. The van der Waals surface area contributed by atoms with Crippen LogP contribution in [0.25, 0.3) is 0 Å². The van der Waals surface area contributed by atoms with Gasteiger partial charge in [0.2, 0.25) is 0 Å². The molecule has 3 N–H and O–H groups in total. The van der Waals surface area contributed by atoms with Crippen LogP contribution in [-0.2, 0) is 0 Å². The third-order valence-electron chi connectivity index (χ3n) is 4.48. The maximum atomic E-state index is 12.7. The molecule has 0 aliphatic carbocycles. The van der Waals surface area contributed by atoms with Crippen molar-refractivity contribution in [2.45, 2.75) is 32.7 Å². The normalized spacial score (nSPS) is 20.3. The highest BCUT2D eigenvalue weighted by Crippen LogP contribution is 2.35. The Kier molecular flexibility index (Phi) is 4.74. The minimum atomic E-state index is -0.601. The van der Waals surface area contributed by atoms with E-state index in [1.165, 1.54) is 12.3 Å². The van der Waals surface area contributed by atoms with Gasteiger partial charge in [-0.1, -0.05) is 6.92 Å². The lowest BCUT2D eigenvalue weighted by Crippen LogP contribution is -2.42. The second-order valence-electron chi connectivity index (χ2n) is 6.51. The minimum Gasteiger partial charge on any atom is -0.464 e. The number of primary amides is 1. The number of hydrogen-bond donors (Lipinski definition) is 2. The lowest BCUT2D eigenvalue weighted by Gasteiger charge is -2.37. The molecule has 7 nitrogen and oxygen atoms in total. The Balaban J connectivity index is 1.75. The summed E-state index contributed by atoms with van der Waals surface area (Å²) < 4.78 is 5.76. The summed E-state index contributed by atoms with van der Waals surface area (Å²) in [7, 11) is 0. The average molecular weight is 342 g/mol. The van der Waals surface area contributed by atoms with Gasteiger partial charge in [0.05, 0.1) is 17.9 Å². The third kappa shape index (κ3) is 3.81. The second-order valence-corrected chi connectivity index (χ2v) is 6.51. The van der Waals surface area contributed by atoms with Gasteiger partial charge in [0.1, 0.15) is 17.2 Å². The predicted octanol–water partition coefficient (Wildman–Crippen LogP) is 3.09. The number of aryl methyl sites for hydroxylation is 1. The molecule has 3 rings (SSSR count). The standard InChI is InChI=1S/C18H22N4O3/c1-11-7-8-22(15(9-11)16-6-3-12(2)25-16)18(24)21-13-4-5-14(17(19)23)20-10-13/h3-6,10-11,15H,7-9H2,1-2H3,(H2,19,23)(H,21,24)/t11-,15-/m1/s1. The molecule has 1 saturated heterocycles. The zero-order valence-electron chi connectivity index (χ0n) is 14.4. The van der Waals surface area contributed by atoms with Crippen LogP contribution in [0.5, 0.6) is 0 Å². The van der Waals surface area contributed by atoms with Crippen molar-refractivity contribution in [2.75, 3.05) is 11.9 Å². The van der Waals surface area contributed by atoms with Gasteiger partial charge in [-0.25, -0.2) is 9.78 Å². The van der Waals surface area contributed by atoms with E-state index in [-0.39, 0.29) is 17.8 Å². The number of carbonyl (C=O) groups excluding carboxylic acids is 2. The molecule has 1 aliphatic heterocycles. The number of likely N-dealkylation sites (tertiary alicyclic amines) is 1. The molecule has 3 amide bonds. The summed E-state index contributed by atoms with van der Waals surface area (Å²) in [4.78, 5) is 29.5. The SMILES string of the molecule is Cc1ccc([C@H]2C[C@H](C)CCN2C(=O)Nc2ccc(C(N)=O)nc2)o1. The van der Waals surface area contributed by atoms with Gasteiger partial charge in [-0.3, -0.25) is 4.79 Å². The molecule has 3 heterocycles. The molecule has 0 aromatic carbocycles. The summed E-state index contributed by atoms with van der Waals surface area (Å²) >= 11 is 0. The fourth-order valence-electron chi connectivity index (χ4n) is 3.10. The molecule has 2 aromatic rings. The van der Waals surface area contributed by atoms with Crippen molar-refractivity contribution in [3.63, 3.8) is 0 Å². The van der Waals surface area contributed by atoms with Gasteiger partial charge in [-0.2, -0.15) is 0 Å². The Morgan fingerprint density at radius 3 is 2.72 bits per heavy atom. The number of aromatic nitrogens is 1. The van der Waals surface area contributed by atoms with Crippen LogP contribution in [0.3, 0.4) is 0 Å². The number of rotatable bonds is 3. The highest BCUT2D eigenvalue weighted by Gasteiger charge is 2.33. The van der Waals surface area contributed by atoms with Gasteiger partial charge in [0, 0.05) is 6.54 Å². The molecule has 0 bridgehead atoms. The molecule has 0 radical (unpaired) electrons. The van der Waals surface area contributed by atoms with Crippen LogP contribution in [-0.4, -0.2) is 28.4 Å². The second kappa shape index (κ2) is 6.96. The molecular formula is C18H22N4O3. The molecule has 2 atom stereocenters.